The monoisotopic (exact) mass is 506 g/mol. The Morgan fingerprint density at radius 2 is 2.14 bits per heavy atom. The third kappa shape index (κ3) is 6.66. The molecule has 186 valence electrons. The van der Waals surface area contributed by atoms with E-state index in [1.165, 1.54) is 11.8 Å². The Morgan fingerprint density at radius 3 is 2.74 bits per heavy atom. The van der Waals surface area contributed by atoms with Crippen LogP contribution in [0.15, 0.2) is 29.2 Å². The van der Waals surface area contributed by atoms with Crippen LogP contribution in [0.1, 0.15) is 29.5 Å². The normalized spacial score (nSPS) is 15.6. The van der Waals surface area contributed by atoms with Crippen LogP contribution in [0.25, 0.3) is 0 Å². The SMILES string of the molecule is CSc1ccc(CCC(=O)O)cc1Nc1nc(N2CCC(C=[N+](C)C)C2)cc(C(F)(F)F)c1C#N. The lowest BCUT2D eigenvalue weighted by Gasteiger charge is -2.22. The van der Waals surface area contributed by atoms with Gasteiger partial charge < -0.3 is 15.3 Å². The number of anilines is 3. The third-order valence-electron chi connectivity index (χ3n) is 5.63. The molecule has 2 heterocycles. The average molecular weight is 507 g/mol. The van der Waals surface area contributed by atoms with E-state index >= 15 is 0 Å². The molecule has 1 fully saturated rings. The van der Waals surface area contributed by atoms with Gasteiger partial charge >= 0.3 is 12.1 Å². The number of carboxylic acid groups (broad SMARTS) is 1. The van der Waals surface area contributed by atoms with E-state index in [2.05, 4.69) is 10.3 Å². The van der Waals surface area contributed by atoms with Gasteiger partial charge in [0.1, 0.15) is 37.8 Å². The van der Waals surface area contributed by atoms with Crippen molar-refractivity contribution in [2.75, 3.05) is 43.7 Å². The standard InChI is InChI=1S/C24H26F3N5O2S/c1-31(2)13-16-8-9-32(14-16)21-11-18(24(25,26)27)17(12-28)23(30-21)29-19-10-15(5-7-22(33)34)4-6-20(19)35-3/h4,6,10-11,13,16H,5,7-9,14H2,1-3H3,(H-,29,30,33,34)/p+1. The summed E-state index contributed by atoms with van der Waals surface area (Å²) in [6, 6.07) is 7.86. The van der Waals surface area contributed by atoms with Gasteiger partial charge in [-0.3, -0.25) is 4.79 Å². The number of nitrogens with zero attached hydrogens (tertiary/aromatic N) is 4. The van der Waals surface area contributed by atoms with E-state index in [1.807, 2.05) is 31.1 Å². The maximum absolute atomic E-state index is 14.0. The number of alkyl halides is 3. The van der Waals surface area contributed by atoms with Gasteiger partial charge in [-0.2, -0.15) is 18.4 Å². The van der Waals surface area contributed by atoms with Crippen molar-refractivity contribution in [3.63, 3.8) is 0 Å². The van der Waals surface area contributed by atoms with Gasteiger partial charge in [0.2, 0.25) is 0 Å². The fraction of sp³-hybridized carbons (Fsp3) is 0.417. The summed E-state index contributed by atoms with van der Waals surface area (Å²) in [6.45, 7) is 1.07. The zero-order valence-corrected chi connectivity index (χ0v) is 20.5. The van der Waals surface area contributed by atoms with Crippen LogP contribution in [0.4, 0.5) is 30.5 Å². The summed E-state index contributed by atoms with van der Waals surface area (Å²) in [7, 11) is 3.81. The van der Waals surface area contributed by atoms with Gasteiger partial charge in [-0.15, -0.1) is 11.8 Å². The molecule has 0 bridgehead atoms. The first-order valence-electron chi connectivity index (χ1n) is 11.0. The lowest BCUT2D eigenvalue weighted by atomic mass is 10.1. The van der Waals surface area contributed by atoms with Gasteiger partial charge in [-0.25, -0.2) is 9.56 Å². The lowest BCUT2D eigenvalue weighted by molar-refractivity contribution is -0.461. The summed E-state index contributed by atoms with van der Waals surface area (Å²) in [5, 5.41) is 21.6. The Morgan fingerprint density at radius 1 is 1.40 bits per heavy atom. The smallest absolute Gasteiger partial charge is 0.417 e. The molecular weight excluding hydrogens is 479 g/mol. The van der Waals surface area contributed by atoms with Gasteiger partial charge in [0, 0.05) is 24.4 Å². The highest BCUT2D eigenvalue weighted by Crippen LogP contribution is 2.39. The number of hydrogen-bond acceptors (Lipinski definition) is 6. The summed E-state index contributed by atoms with van der Waals surface area (Å²) in [6.07, 6.45) is 0.0855. The maximum atomic E-state index is 14.0. The molecule has 1 aromatic heterocycles. The molecule has 0 aliphatic carbocycles. The van der Waals surface area contributed by atoms with Crippen LogP contribution in [0, 0.1) is 17.2 Å². The van der Waals surface area contributed by atoms with Crippen LogP contribution >= 0.6 is 11.8 Å². The van der Waals surface area contributed by atoms with E-state index in [4.69, 9.17) is 5.11 Å². The van der Waals surface area contributed by atoms with Crippen LogP contribution < -0.4 is 10.2 Å². The number of aryl methyl sites for hydroxylation is 1. The number of thioether (sulfide) groups is 1. The molecule has 11 heteroatoms. The number of aliphatic carboxylic acids is 1. The minimum atomic E-state index is -4.74. The Bertz CT molecular complexity index is 1170. The molecule has 1 saturated heterocycles. The Labute approximate surface area is 206 Å². The summed E-state index contributed by atoms with van der Waals surface area (Å²) in [5.74, 6) is -0.786. The molecule has 7 nitrogen and oxygen atoms in total. The Hall–Kier alpha value is -3.26. The molecule has 1 aliphatic heterocycles. The van der Waals surface area contributed by atoms with Crippen LogP contribution in [0.2, 0.25) is 0 Å². The topological polar surface area (TPSA) is 92.3 Å². The van der Waals surface area contributed by atoms with Crippen molar-refractivity contribution in [3.05, 3.63) is 41.0 Å². The molecule has 2 aromatic rings. The number of hydrogen-bond donors (Lipinski definition) is 2. The maximum Gasteiger partial charge on any atom is 0.417 e. The molecule has 0 amide bonds. The summed E-state index contributed by atoms with van der Waals surface area (Å²) in [4.78, 5) is 17.9. The summed E-state index contributed by atoms with van der Waals surface area (Å²) >= 11 is 1.38. The van der Waals surface area contributed by atoms with Gasteiger partial charge in [-0.1, -0.05) is 6.07 Å². The minimum Gasteiger partial charge on any atom is -0.481 e. The molecule has 1 unspecified atom stereocenters. The van der Waals surface area contributed by atoms with E-state index in [0.717, 1.165) is 17.4 Å². The number of nitrogens with one attached hydrogen (secondary N) is 1. The first-order valence-corrected chi connectivity index (χ1v) is 12.2. The first kappa shape index (κ1) is 26.3. The lowest BCUT2D eigenvalue weighted by Crippen LogP contribution is -2.24. The van der Waals surface area contributed by atoms with Crippen LogP contribution in [-0.4, -0.2) is 60.3 Å². The number of pyridine rings is 1. The average Bonchev–Trinajstić information content (AvgIpc) is 3.24. The zero-order valence-electron chi connectivity index (χ0n) is 19.7. The zero-order chi connectivity index (χ0) is 25.8. The fourth-order valence-electron chi connectivity index (χ4n) is 4.05. The molecule has 35 heavy (non-hydrogen) atoms. The molecule has 0 saturated carbocycles. The van der Waals surface area contributed by atoms with Crippen molar-refractivity contribution in [2.24, 2.45) is 5.92 Å². The minimum absolute atomic E-state index is 0.0758. The molecule has 0 radical (unpaired) electrons. The van der Waals surface area contributed by atoms with E-state index in [9.17, 15) is 23.2 Å². The number of aromatic nitrogens is 1. The largest absolute Gasteiger partial charge is 0.481 e. The van der Waals surface area contributed by atoms with Gasteiger partial charge in [0.05, 0.1) is 17.2 Å². The van der Waals surface area contributed by atoms with E-state index in [0.29, 0.717) is 24.3 Å². The number of carboxylic acids is 1. The van der Waals surface area contributed by atoms with Crippen molar-refractivity contribution in [2.45, 2.75) is 30.3 Å². The number of nitriles is 1. The highest BCUT2D eigenvalue weighted by molar-refractivity contribution is 7.98. The second kappa shape index (κ2) is 11.0. The van der Waals surface area contributed by atoms with Gasteiger partial charge in [-0.05, 0) is 42.9 Å². The summed E-state index contributed by atoms with van der Waals surface area (Å²) in [5.41, 5.74) is -0.449. The quantitative estimate of drug-likeness (QED) is 0.307. The Balaban J connectivity index is 2.05. The van der Waals surface area contributed by atoms with Crippen LogP contribution in [0.5, 0.6) is 0 Å². The second-order valence-corrected chi connectivity index (χ2v) is 9.37. The van der Waals surface area contributed by atoms with Crippen LogP contribution in [-0.2, 0) is 17.4 Å². The Kier molecular flexibility index (Phi) is 8.27. The van der Waals surface area contributed by atoms with Crippen molar-refractivity contribution in [1.82, 2.24) is 4.98 Å². The number of benzene rings is 1. The highest BCUT2D eigenvalue weighted by atomic mass is 32.2. The van der Waals surface area contributed by atoms with E-state index in [1.54, 1.807) is 29.2 Å². The number of carbonyl (C=O) groups is 1. The molecule has 1 atom stereocenters. The molecule has 2 N–H and O–H groups in total. The van der Waals surface area contributed by atoms with Gasteiger partial charge in [0.15, 0.2) is 5.82 Å². The molecular formula is C24H27F3N5O2S+. The second-order valence-electron chi connectivity index (χ2n) is 8.52. The predicted octanol–water partition coefficient (Wildman–Crippen LogP) is 4.62. The molecule has 0 spiro atoms. The highest BCUT2D eigenvalue weighted by Gasteiger charge is 2.37. The van der Waals surface area contributed by atoms with E-state index in [-0.39, 0.29) is 30.4 Å². The first-order chi connectivity index (χ1) is 16.5. The third-order valence-corrected chi connectivity index (χ3v) is 6.42. The van der Waals surface area contributed by atoms with Crippen molar-refractivity contribution < 1.29 is 27.6 Å². The predicted molar refractivity (Wildman–Crippen MR) is 130 cm³/mol. The van der Waals surface area contributed by atoms with Crippen molar-refractivity contribution in [3.8, 4) is 6.07 Å². The van der Waals surface area contributed by atoms with E-state index < -0.39 is 23.3 Å². The molecule has 3 rings (SSSR count). The molecule has 1 aromatic carbocycles. The number of rotatable bonds is 8. The summed E-state index contributed by atoms with van der Waals surface area (Å²) < 4.78 is 43.8. The number of halogens is 3. The van der Waals surface area contributed by atoms with Crippen LogP contribution in [0.3, 0.4) is 0 Å². The van der Waals surface area contributed by atoms with Gasteiger partial charge in [0.25, 0.3) is 0 Å². The fourth-order valence-corrected chi connectivity index (χ4v) is 4.58. The van der Waals surface area contributed by atoms with Crippen molar-refractivity contribution in [1.29, 1.82) is 5.26 Å². The molecule has 1 aliphatic rings. The van der Waals surface area contributed by atoms with Crippen molar-refractivity contribution >= 4 is 41.3 Å².